The number of hydroxylamine groups is 1. The maximum absolute atomic E-state index is 12.1. The van der Waals surface area contributed by atoms with Gasteiger partial charge in [0.05, 0.1) is 0 Å². The van der Waals surface area contributed by atoms with Crippen LogP contribution in [-0.2, 0) is 4.79 Å². The van der Waals surface area contributed by atoms with Gasteiger partial charge in [-0.25, -0.2) is 9.79 Å². The number of carbonyl (C=O) groups is 1. The first-order valence-electron chi connectivity index (χ1n) is 6.94. The molecule has 1 aromatic carbocycles. The van der Waals surface area contributed by atoms with Crippen LogP contribution in [0.3, 0.4) is 0 Å². The van der Waals surface area contributed by atoms with E-state index in [9.17, 15) is 4.79 Å². The molecule has 0 spiro atoms. The van der Waals surface area contributed by atoms with Crippen LogP contribution in [-0.4, -0.2) is 38.5 Å². The highest BCUT2D eigenvalue weighted by molar-refractivity contribution is 8.01. The predicted octanol–water partition coefficient (Wildman–Crippen LogP) is 3.01. The second-order valence-corrected chi connectivity index (χ2v) is 8.76. The highest BCUT2D eigenvalue weighted by atomic mass is 32.2. The first-order valence-corrected chi connectivity index (χ1v) is 8.70. The van der Waals surface area contributed by atoms with E-state index in [-0.39, 0.29) is 16.7 Å². The fraction of sp³-hybridized carbons (Fsp3) is 0.533. The minimum Gasteiger partial charge on any atom is -0.289 e. The standard InChI is InChI=1S/C15H22N2O2S2/c1-10-7-11(2)9-12(8-10)21-17-5-6-20-15(3,4)13(17)14(18)16-19/h7-9,13,19H,5-6H2,1-4H3,(H,16,18). The molecular formula is C15H22N2O2S2. The molecule has 0 radical (unpaired) electrons. The van der Waals surface area contributed by atoms with Crippen LogP contribution in [0.25, 0.3) is 0 Å². The van der Waals surface area contributed by atoms with Crippen LogP contribution < -0.4 is 5.48 Å². The van der Waals surface area contributed by atoms with Gasteiger partial charge in [-0.2, -0.15) is 11.8 Å². The molecule has 116 valence electrons. The van der Waals surface area contributed by atoms with E-state index in [1.165, 1.54) is 11.1 Å². The molecule has 2 N–H and O–H groups in total. The minimum absolute atomic E-state index is 0.239. The highest BCUT2D eigenvalue weighted by Gasteiger charge is 2.43. The van der Waals surface area contributed by atoms with E-state index in [4.69, 9.17) is 5.21 Å². The fourth-order valence-electron chi connectivity index (χ4n) is 2.68. The van der Waals surface area contributed by atoms with Crippen LogP contribution in [0, 0.1) is 13.8 Å². The molecule has 4 nitrogen and oxygen atoms in total. The van der Waals surface area contributed by atoms with Crippen molar-refractivity contribution in [2.24, 2.45) is 0 Å². The van der Waals surface area contributed by atoms with E-state index in [1.54, 1.807) is 23.7 Å². The van der Waals surface area contributed by atoms with Crippen LogP contribution in [0.1, 0.15) is 25.0 Å². The first kappa shape index (κ1) is 16.7. The zero-order chi connectivity index (χ0) is 15.6. The molecule has 1 aromatic rings. The van der Waals surface area contributed by atoms with E-state index in [0.29, 0.717) is 0 Å². The number of carbonyl (C=O) groups excluding carboxylic acids is 1. The monoisotopic (exact) mass is 326 g/mol. The van der Waals surface area contributed by atoms with E-state index in [1.807, 2.05) is 19.3 Å². The molecule has 0 aromatic heterocycles. The van der Waals surface area contributed by atoms with Gasteiger partial charge in [0.2, 0.25) is 0 Å². The highest BCUT2D eigenvalue weighted by Crippen LogP contribution is 2.40. The third-order valence-electron chi connectivity index (χ3n) is 3.51. The SMILES string of the molecule is Cc1cc(C)cc(SN2CCSC(C)(C)C2C(=O)NO)c1. The molecule has 1 amide bonds. The molecule has 1 fully saturated rings. The Bertz CT molecular complexity index is 514. The molecule has 21 heavy (non-hydrogen) atoms. The molecule has 6 heteroatoms. The average Bonchev–Trinajstić information content (AvgIpc) is 2.36. The number of nitrogens with one attached hydrogen (secondary N) is 1. The summed E-state index contributed by atoms with van der Waals surface area (Å²) in [4.78, 5) is 13.2. The summed E-state index contributed by atoms with van der Waals surface area (Å²) in [5.41, 5.74) is 4.25. The third-order valence-corrected chi connectivity index (χ3v) is 5.94. The van der Waals surface area contributed by atoms with E-state index in [2.05, 4.69) is 36.4 Å². The number of amides is 1. The summed E-state index contributed by atoms with van der Waals surface area (Å²) in [6, 6.07) is 6.02. The van der Waals surface area contributed by atoms with Crippen LogP contribution >= 0.6 is 23.7 Å². The Morgan fingerprint density at radius 2 is 2.00 bits per heavy atom. The average molecular weight is 326 g/mol. The van der Waals surface area contributed by atoms with Crippen molar-refractivity contribution < 1.29 is 10.0 Å². The molecule has 1 unspecified atom stereocenters. The summed E-state index contributed by atoms with van der Waals surface area (Å²) in [6.07, 6.45) is 0. The normalized spacial score (nSPS) is 22.0. The molecule has 1 saturated heterocycles. The number of aryl methyl sites for hydroxylation is 2. The predicted molar refractivity (Wildman–Crippen MR) is 88.7 cm³/mol. The van der Waals surface area contributed by atoms with Crippen LogP contribution in [0.15, 0.2) is 23.1 Å². The summed E-state index contributed by atoms with van der Waals surface area (Å²) in [7, 11) is 0. The number of thioether (sulfide) groups is 1. The van der Waals surface area contributed by atoms with Gasteiger partial charge < -0.3 is 0 Å². The number of hydrogen-bond acceptors (Lipinski definition) is 5. The van der Waals surface area contributed by atoms with Crippen LogP contribution in [0.2, 0.25) is 0 Å². The largest absolute Gasteiger partial charge is 0.289 e. The van der Waals surface area contributed by atoms with Crippen LogP contribution in [0.4, 0.5) is 0 Å². The zero-order valence-electron chi connectivity index (χ0n) is 12.8. The summed E-state index contributed by atoms with van der Waals surface area (Å²) >= 11 is 3.36. The molecule has 1 aliphatic heterocycles. The second kappa shape index (κ2) is 6.60. The van der Waals surface area contributed by atoms with E-state index >= 15 is 0 Å². The van der Waals surface area contributed by atoms with Gasteiger partial charge in [-0.15, -0.1) is 0 Å². The van der Waals surface area contributed by atoms with Gasteiger partial charge in [0.15, 0.2) is 0 Å². The lowest BCUT2D eigenvalue weighted by Gasteiger charge is -2.43. The van der Waals surface area contributed by atoms with Gasteiger partial charge in [0.1, 0.15) is 6.04 Å². The molecule has 1 heterocycles. The topological polar surface area (TPSA) is 52.6 Å². The maximum Gasteiger partial charge on any atom is 0.263 e. The Hall–Kier alpha value is -0.690. The number of nitrogens with zero attached hydrogens (tertiary/aromatic N) is 1. The zero-order valence-corrected chi connectivity index (χ0v) is 14.5. The lowest BCUT2D eigenvalue weighted by atomic mass is 10.0. The maximum atomic E-state index is 12.1. The molecule has 0 aliphatic carbocycles. The van der Waals surface area contributed by atoms with Crippen molar-refractivity contribution in [2.45, 2.75) is 43.4 Å². The van der Waals surface area contributed by atoms with Gasteiger partial charge in [-0.05, 0) is 62.9 Å². The van der Waals surface area contributed by atoms with Crippen molar-refractivity contribution in [2.75, 3.05) is 12.3 Å². The molecule has 1 atom stereocenters. The summed E-state index contributed by atoms with van der Waals surface area (Å²) < 4.78 is 1.84. The fourth-order valence-corrected chi connectivity index (χ4v) is 5.46. The smallest absolute Gasteiger partial charge is 0.263 e. The summed E-state index contributed by atoms with van der Waals surface area (Å²) in [5, 5.41) is 9.05. The van der Waals surface area contributed by atoms with Crippen molar-refractivity contribution in [1.29, 1.82) is 0 Å². The Morgan fingerprint density at radius 3 is 2.57 bits per heavy atom. The van der Waals surface area contributed by atoms with Crippen molar-refractivity contribution >= 4 is 29.6 Å². The van der Waals surface area contributed by atoms with Crippen molar-refractivity contribution in [3.8, 4) is 0 Å². The summed E-state index contributed by atoms with van der Waals surface area (Å²) in [5.74, 6) is 0.629. The van der Waals surface area contributed by atoms with E-state index in [0.717, 1.165) is 17.2 Å². The van der Waals surface area contributed by atoms with Crippen LogP contribution in [0.5, 0.6) is 0 Å². The Balaban J connectivity index is 2.25. The second-order valence-electron chi connectivity index (χ2n) is 5.89. The minimum atomic E-state index is -0.368. The number of benzene rings is 1. The van der Waals surface area contributed by atoms with Crippen molar-refractivity contribution in [1.82, 2.24) is 9.79 Å². The Labute approximate surface area is 134 Å². The number of rotatable bonds is 3. The van der Waals surface area contributed by atoms with Gasteiger partial charge in [0.25, 0.3) is 5.91 Å². The molecule has 0 bridgehead atoms. The van der Waals surface area contributed by atoms with Gasteiger partial charge >= 0.3 is 0 Å². The summed E-state index contributed by atoms with van der Waals surface area (Å²) in [6.45, 7) is 9.05. The molecule has 0 saturated carbocycles. The molecular weight excluding hydrogens is 304 g/mol. The lowest BCUT2D eigenvalue weighted by molar-refractivity contribution is -0.133. The van der Waals surface area contributed by atoms with Crippen molar-refractivity contribution in [3.63, 3.8) is 0 Å². The van der Waals surface area contributed by atoms with E-state index < -0.39 is 0 Å². The van der Waals surface area contributed by atoms with Gasteiger partial charge in [-0.3, -0.25) is 10.0 Å². The third kappa shape index (κ3) is 3.94. The lowest BCUT2D eigenvalue weighted by Crippen LogP contribution is -2.57. The van der Waals surface area contributed by atoms with Crippen molar-refractivity contribution in [3.05, 3.63) is 29.3 Å². The van der Waals surface area contributed by atoms with Gasteiger partial charge in [0, 0.05) is 21.9 Å². The molecule has 2 rings (SSSR count). The number of hydrogen-bond donors (Lipinski definition) is 2. The quantitative estimate of drug-likeness (QED) is 0.508. The Morgan fingerprint density at radius 1 is 1.38 bits per heavy atom. The Kier molecular flexibility index (Phi) is 5.24. The van der Waals surface area contributed by atoms with Gasteiger partial charge in [-0.1, -0.05) is 6.07 Å². The first-order chi connectivity index (χ1) is 9.83. The molecule has 1 aliphatic rings.